The van der Waals surface area contributed by atoms with E-state index in [4.69, 9.17) is 0 Å². The molecule has 5 nitrogen and oxygen atoms in total. The van der Waals surface area contributed by atoms with E-state index in [9.17, 15) is 14.4 Å². The Morgan fingerprint density at radius 2 is 1.82 bits per heavy atom. The summed E-state index contributed by atoms with van der Waals surface area (Å²) < 4.78 is 13.9. The Kier molecular flexibility index (Phi) is 8.09. The average Bonchev–Trinajstić information content (AvgIpc) is 2.87. The fourth-order valence-corrected chi connectivity index (χ4v) is 5.01. The SMILES string of the molecule is N#Cc1cc(N(CCC2CCN(Cc3ccccc3)CC2)C(=O)C2CCNCC2)ccc1F. The highest BCUT2D eigenvalue weighted by molar-refractivity contribution is 5.95. The molecule has 0 unspecified atom stereocenters. The van der Waals surface area contributed by atoms with Crippen LogP contribution < -0.4 is 10.2 Å². The van der Waals surface area contributed by atoms with Crippen LogP contribution in [0.25, 0.3) is 0 Å². The summed E-state index contributed by atoms with van der Waals surface area (Å²) in [5, 5.41) is 12.6. The largest absolute Gasteiger partial charge is 0.317 e. The molecular weight excluding hydrogens is 415 g/mol. The van der Waals surface area contributed by atoms with Crippen molar-refractivity contribution in [2.75, 3.05) is 37.6 Å². The summed E-state index contributed by atoms with van der Waals surface area (Å²) in [5.74, 6) is 0.112. The lowest BCUT2D eigenvalue weighted by atomic mass is 9.92. The second-order valence-corrected chi connectivity index (χ2v) is 9.28. The Hall–Kier alpha value is -2.75. The second-order valence-electron chi connectivity index (χ2n) is 9.28. The molecule has 2 aliphatic heterocycles. The number of likely N-dealkylation sites (tertiary alicyclic amines) is 1. The number of carbonyl (C=O) groups excluding carboxylic acids is 1. The van der Waals surface area contributed by atoms with Crippen molar-refractivity contribution in [2.24, 2.45) is 11.8 Å². The summed E-state index contributed by atoms with van der Waals surface area (Å²) in [6.45, 7) is 5.42. The van der Waals surface area contributed by atoms with Gasteiger partial charge in [0.2, 0.25) is 5.91 Å². The zero-order valence-corrected chi connectivity index (χ0v) is 19.2. The van der Waals surface area contributed by atoms with Crippen molar-refractivity contribution < 1.29 is 9.18 Å². The molecule has 2 heterocycles. The van der Waals surface area contributed by atoms with Crippen LogP contribution in [-0.4, -0.2) is 43.5 Å². The van der Waals surface area contributed by atoms with Crippen molar-refractivity contribution in [1.82, 2.24) is 10.2 Å². The van der Waals surface area contributed by atoms with E-state index in [1.54, 1.807) is 6.07 Å². The highest BCUT2D eigenvalue weighted by Crippen LogP contribution is 2.27. The molecule has 4 rings (SSSR count). The van der Waals surface area contributed by atoms with Gasteiger partial charge in [-0.05, 0) is 88.0 Å². The molecular formula is C27H33FN4O. The summed E-state index contributed by atoms with van der Waals surface area (Å²) in [4.78, 5) is 17.7. The molecule has 0 aromatic heterocycles. The number of carbonyl (C=O) groups is 1. The van der Waals surface area contributed by atoms with Crippen LogP contribution in [0.15, 0.2) is 48.5 Å². The number of rotatable bonds is 7. The van der Waals surface area contributed by atoms with Crippen molar-refractivity contribution in [3.63, 3.8) is 0 Å². The van der Waals surface area contributed by atoms with E-state index in [0.717, 1.165) is 64.8 Å². The first kappa shape index (κ1) is 23.4. The molecule has 1 amide bonds. The topological polar surface area (TPSA) is 59.4 Å². The number of piperidine rings is 2. The molecule has 2 aromatic rings. The highest BCUT2D eigenvalue weighted by atomic mass is 19.1. The van der Waals surface area contributed by atoms with E-state index in [-0.39, 0.29) is 17.4 Å². The monoisotopic (exact) mass is 448 g/mol. The molecule has 0 aliphatic carbocycles. The molecule has 6 heteroatoms. The molecule has 2 aromatic carbocycles. The van der Waals surface area contributed by atoms with Crippen molar-refractivity contribution in [3.8, 4) is 6.07 Å². The minimum Gasteiger partial charge on any atom is -0.317 e. The second kappa shape index (κ2) is 11.4. The van der Waals surface area contributed by atoms with Gasteiger partial charge >= 0.3 is 0 Å². The zero-order chi connectivity index (χ0) is 23.0. The summed E-state index contributed by atoms with van der Waals surface area (Å²) in [6.07, 6.45) is 4.80. The van der Waals surface area contributed by atoms with E-state index >= 15 is 0 Å². The summed E-state index contributed by atoms with van der Waals surface area (Å²) in [7, 11) is 0. The van der Waals surface area contributed by atoms with Gasteiger partial charge in [0.25, 0.3) is 0 Å². The first-order valence-electron chi connectivity index (χ1n) is 12.1. The number of hydrogen-bond donors (Lipinski definition) is 1. The Bertz CT molecular complexity index is 960. The Labute approximate surface area is 196 Å². The van der Waals surface area contributed by atoms with Crippen LogP contribution in [-0.2, 0) is 11.3 Å². The minimum absolute atomic E-state index is 0.00942. The number of hydrogen-bond acceptors (Lipinski definition) is 4. The number of nitrogens with zero attached hydrogens (tertiary/aromatic N) is 3. The third-order valence-corrected chi connectivity index (χ3v) is 7.05. The Balaban J connectivity index is 1.38. The lowest BCUT2D eigenvalue weighted by molar-refractivity contribution is -0.123. The third-order valence-electron chi connectivity index (χ3n) is 7.05. The van der Waals surface area contributed by atoms with Gasteiger partial charge in [-0.15, -0.1) is 0 Å². The van der Waals surface area contributed by atoms with Crippen LogP contribution >= 0.6 is 0 Å². The number of halogens is 1. The molecule has 2 aliphatic rings. The molecule has 33 heavy (non-hydrogen) atoms. The van der Waals surface area contributed by atoms with E-state index in [0.29, 0.717) is 18.2 Å². The number of nitriles is 1. The third kappa shape index (κ3) is 6.19. The number of benzene rings is 2. The van der Waals surface area contributed by atoms with Crippen LogP contribution in [0.2, 0.25) is 0 Å². The number of anilines is 1. The van der Waals surface area contributed by atoms with E-state index in [1.807, 2.05) is 17.0 Å². The van der Waals surface area contributed by atoms with Gasteiger partial charge in [-0.1, -0.05) is 30.3 Å². The van der Waals surface area contributed by atoms with Gasteiger partial charge in [-0.25, -0.2) is 4.39 Å². The smallest absolute Gasteiger partial charge is 0.230 e. The highest BCUT2D eigenvalue weighted by Gasteiger charge is 2.28. The van der Waals surface area contributed by atoms with Gasteiger partial charge < -0.3 is 10.2 Å². The lowest BCUT2D eigenvalue weighted by Crippen LogP contribution is -2.42. The molecule has 2 saturated heterocycles. The van der Waals surface area contributed by atoms with Gasteiger partial charge in [0.1, 0.15) is 11.9 Å². The molecule has 0 saturated carbocycles. The maximum Gasteiger partial charge on any atom is 0.230 e. The predicted molar refractivity (Wildman–Crippen MR) is 128 cm³/mol. The van der Waals surface area contributed by atoms with E-state index in [1.165, 1.54) is 17.7 Å². The van der Waals surface area contributed by atoms with Crippen LogP contribution in [0.3, 0.4) is 0 Å². The van der Waals surface area contributed by atoms with Gasteiger partial charge in [0.05, 0.1) is 5.56 Å². The van der Waals surface area contributed by atoms with Gasteiger partial charge in [-0.3, -0.25) is 9.69 Å². The van der Waals surface area contributed by atoms with Gasteiger partial charge in [0, 0.05) is 24.7 Å². The number of amides is 1. The van der Waals surface area contributed by atoms with Crippen molar-refractivity contribution in [3.05, 3.63) is 65.5 Å². The first-order valence-corrected chi connectivity index (χ1v) is 12.1. The lowest BCUT2D eigenvalue weighted by Gasteiger charge is -2.34. The van der Waals surface area contributed by atoms with Crippen LogP contribution in [0.5, 0.6) is 0 Å². The van der Waals surface area contributed by atoms with E-state index in [2.05, 4.69) is 34.5 Å². The molecule has 0 bridgehead atoms. The standard InChI is InChI=1S/C27H33FN4O/c28-26-7-6-25(18-24(26)19-29)32(27(33)23-8-13-30-14-9-23)17-12-21-10-15-31(16-11-21)20-22-4-2-1-3-5-22/h1-7,18,21,23,30H,8-17,20H2. The molecule has 1 N–H and O–H groups in total. The summed E-state index contributed by atoms with van der Waals surface area (Å²) in [6, 6.07) is 16.9. The van der Waals surface area contributed by atoms with Crippen LogP contribution in [0, 0.1) is 29.0 Å². The first-order chi connectivity index (χ1) is 16.1. The molecule has 0 atom stereocenters. The van der Waals surface area contributed by atoms with Crippen LogP contribution in [0.4, 0.5) is 10.1 Å². The predicted octanol–water partition coefficient (Wildman–Crippen LogP) is 4.33. The van der Waals surface area contributed by atoms with Crippen molar-refractivity contribution in [2.45, 2.75) is 38.6 Å². The van der Waals surface area contributed by atoms with Gasteiger partial charge in [0.15, 0.2) is 0 Å². The molecule has 2 fully saturated rings. The fraction of sp³-hybridized carbons (Fsp3) is 0.481. The van der Waals surface area contributed by atoms with E-state index < -0.39 is 5.82 Å². The zero-order valence-electron chi connectivity index (χ0n) is 19.2. The molecule has 0 radical (unpaired) electrons. The van der Waals surface area contributed by atoms with Crippen molar-refractivity contribution >= 4 is 11.6 Å². The summed E-state index contributed by atoms with van der Waals surface area (Å²) in [5.41, 5.74) is 1.97. The molecule has 0 spiro atoms. The Morgan fingerprint density at radius 3 is 2.52 bits per heavy atom. The average molecular weight is 449 g/mol. The minimum atomic E-state index is -0.540. The quantitative estimate of drug-likeness (QED) is 0.685. The normalized spacial score (nSPS) is 18.1. The number of nitrogens with one attached hydrogen (secondary N) is 1. The fourth-order valence-electron chi connectivity index (χ4n) is 5.01. The Morgan fingerprint density at radius 1 is 1.09 bits per heavy atom. The summed E-state index contributed by atoms with van der Waals surface area (Å²) >= 11 is 0. The van der Waals surface area contributed by atoms with Crippen LogP contribution in [0.1, 0.15) is 43.2 Å². The van der Waals surface area contributed by atoms with Gasteiger partial charge in [-0.2, -0.15) is 5.26 Å². The maximum atomic E-state index is 13.9. The maximum absolute atomic E-state index is 13.9. The van der Waals surface area contributed by atoms with Crippen molar-refractivity contribution in [1.29, 1.82) is 5.26 Å². The molecule has 174 valence electrons.